The molecule has 0 bridgehead atoms. The molecular formula is C23H17FN6O. The molecule has 152 valence electrons. The van der Waals surface area contributed by atoms with Gasteiger partial charge in [0.15, 0.2) is 0 Å². The number of carbonyl (C=O) groups is 1. The third-order valence-electron chi connectivity index (χ3n) is 4.98. The number of imidazole rings is 1. The van der Waals surface area contributed by atoms with Crippen molar-refractivity contribution < 1.29 is 13.3 Å². The summed E-state index contributed by atoms with van der Waals surface area (Å²) in [5.74, 6) is -1.49. The molecular weight excluding hydrogens is 396 g/mol. The van der Waals surface area contributed by atoms with Gasteiger partial charge in [-0.2, -0.15) is 5.10 Å². The van der Waals surface area contributed by atoms with Crippen molar-refractivity contribution in [1.82, 2.24) is 29.9 Å². The Kier molecular flexibility index (Phi) is 3.81. The number of pyridine rings is 1. The van der Waals surface area contributed by atoms with Crippen LogP contribution in [0.2, 0.25) is 0 Å². The Bertz CT molecular complexity index is 1550. The Morgan fingerprint density at radius 2 is 2.03 bits per heavy atom. The van der Waals surface area contributed by atoms with Gasteiger partial charge < -0.3 is 5.32 Å². The van der Waals surface area contributed by atoms with E-state index >= 15 is 0 Å². The number of aromatic nitrogens is 5. The Balaban J connectivity index is 1.45. The molecule has 1 N–H and O–H groups in total. The number of rotatable bonds is 4. The van der Waals surface area contributed by atoms with Crippen molar-refractivity contribution in [3.8, 4) is 11.3 Å². The Morgan fingerprint density at radius 1 is 1.13 bits per heavy atom. The first-order chi connectivity index (χ1) is 16.3. The molecule has 8 heteroatoms. The molecule has 3 heterocycles. The van der Waals surface area contributed by atoms with E-state index in [-0.39, 0.29) is 5.56 Å². The van der Waals surface area contributed by atoms with Gasteiger partial charge in [-0.25, -0.2) is 18.9 Å². The summed E-state index contributed by atoms with van der Waals surface area (Å²) in [4.78, 5) is 25.0. The third-order valence-corrected chi connectivity index (χ3v) is 4.98. The van der Waals surface area contributed by atoms with E-state index in [0.29, 0.717) is 23.5 Å². The quantitative estimate of drug-likeness (QED) is 0.454. The molecule has 0 aliphatic rings. The monoisotopic (exact) mass is 416 g/mol. The fraction of sp³-hybridized carbons (Fsp3) is 0.0870. The topological polar surface area (TPSA) is 85.1 Å². The predicted octanol–water partition coefficient (Wildman–Crippen LogP) is 3.43. The standard InChI is InChI=1S/C23H17FN6O/c1-25-22(31)18-6-5-16(11-19(18)24)21-13-28-23-27-12-17(30(23)29-21)10-14-4-7-20-15(9-14)3-2-8-26-20/h2-9,11-13H,10H2,1H3,(H,25,31)/i1+1D3. The maximum atomic E-state index is 14.6. The lowest BCUT2D eigenvalue weighted by Gasteiger charge is -2.07. The summed E-state index contributed by atoms with van der Waals surface area (Å²) in [5.41, 5.74) is 3.13. The van der Waals surface area contributed by atoms with Gasteiger partial charge in [0.05, 0.1) is 29.2 Å². The highest BCUT2D eigenvalue weighted by Gasteiger charge is 2.14. The van der Waals surface area contributed by atoms with E-state index < -0.39 is 18.7 Å². The van der Waals surface area contributed by atoms with Crippen LogP contribution in [0, 0.1) is 5.82 Å². The Hall–Kier alpha value is -4.20. The van der Waals surface area contributed by atoms with Crippen molar-refractivity contribution >= 4 is 22.6 Å². The van der Waals surface area contributed by atoms with Crippen LogP contribution in [0.15, 0.2) is 67.1 Å². The molecule has 5 aromatic rings. The molecule has 5 rings (SSSR count). The molecule has 0 unspecified atom stereocenters. The van der Waals surface area contributed by atoms with Gasteiger partial charge in [0, 0.05) is 34.7 Å². The van der Waals surface area contributed by atoms with E-state index in [1.54, 1.807) is 22.2 Å². The van der Waals surface area contributed by atoms with E-state index in [0.717, 1.165) is 28.2 Å². The summed E-state index contributed by atoms with van der Waals surface area (Å²) >= 11 is 0. The average molecular weight is 416 g/mol. The second kappa shape index (κ2) is 7.56. The first-order valence-corrected chi connectivity index (χ1v) is 9.43. The van der Waals surface area contributed by atoms with Gasteiger partial charge in [-0.1, -0.05) is 18.2 Å². The largest absolute Gasteiger partial charge is 0.355 e. The van der Waals surface area contributed by atoms with E-state index in [1.165, 1.54) is 18.3 Å². The summed E-state index contributed by atoms with van der Waals surface area (Å²) in [6, 6.07) is 13.7. The van der Waals surface area contributed by atoms with Crippen LogP contribution in [0.1, 0.15) is 25.7 Å². The molecule has 3 aromatic heterocycles. The predicted molar refractivity (Wildman–Crippen MR) is 114 cm³/mol. The number of benzene rings is 2. The summed E-state index contributed by atoms with van der Waals surface area (Å²) in [6.45, 7) is -2.71. The zero-order valence-electron chi connectivity index (χ0n) is 19.1. The van der Waals surface area contributed by atoms with E-state index in [1.807, 2.05) is 24.3 Å². The minimum Gasteiger partial charge on any atom is -0.355 e. The highest BCUT2D eigenvalue weighted by Crippen LogP contribution is 2.21. The number of amides is 1. The zero-order valence-corrected chi connectivity index (χ0v) is 16.1. The second-order valence-corrected chi connectivity index (χ2v) is 6.96. The van der Waals surface area contributed by atoms with Crippen molar-refractivity contribution in [2.75, 3.05) is 6.98 Å². The number of carbonyl (C=O) groups excluding carboxylic acids is 1. The third kappa shape index (κ3) is 3.48. The summed E-state index contributed by atoms with van der Waals surface area (Å²) in [6.07, 6.45) is 5.45. The molecule has 0 saturated heterocycles. The normalized spacial score (nSPS) is 13.0. The molecule has 0 fully saturated rings. The molecule has 0 aliphatic heterocycles. The van der Waals surface area contributed by atoms with Crippen molar-refractivity contribution in [1.29, 1.82) is 0 Å². The lowest BCUT2D eigenvalue weighted by atomic mass is 10.1. The van der Waals surface area contributed by atoms with Crippen LogP contribution in [0.5, 0.6) is 0 Å². The maximum Gasteiger partial charge on any atom is 0.253 e. The molecule has 0 atom stereocenters. The number of halogens is 1. The van der Waals surface area contributed by atoms with Crippen LogP contribution in [0.25, 0.3) is 27.9 Å². The fourth-order valence-electron chi connectivity index (χ4n) is 3.44. The van der Waals surface area contributed by atoms with Crippen molar-refractivity contribution in [3.05, 3.63) is 89.8 Å². The molecule has 1 amide bonds. The van der Waals surface area contributed by atoms with Gasteiger partial charge in [0.25, 0.3) is 11.7 Å². The molecule has 31 heavy (non-hydrogen) atoms. The fourth-order valence-corrected chi connectivity index (χ4v) is 3.44. The molecule has 0 saturated carbocycles. The van der Waals surface area contributed by atoms with Crippen molar-refractivity contribution in [2.24, 2.45) is 0 Å². The molecule has 0 aliphatic carbocycles. The van der Waals surface area contributed by atoms with Crippen LogP contribution in [0.3, 0.4) is 0 Å². The number of nitrogens with one attached hydrogen (secondary N) is 1. The molecule has 0 radical (unpaired) electrons. The lowest BCUT2D eigenvalue weighted by molar-refractivity contribution is 0.0959. The number of fused-ring (bicyclic) bond motifs is 2. The lowest BCUT2D eigenvalue weighted by Crippen LogP contribution is -2.19. The first-order valence-electron chi connectivity index (χ1n) is 10.9. The zero-order chi connectivity index (χ0) is 23.9. The molecule has 7 nitrogen and oxygen atoms in total. The number of hydrogen-bond acceptors (Lipinski definition) is 5. The summed E-state index contributed by atoms with van der Waals surface area (Å²) < 4.78 is 37.5. The van der Waals surface area contributed by atoms with E-state index in [4.69, 9.17) is 4.11 Å². The van der Waals surface area contributed by atoms with Crippen LogP contribution in [-0.4, -0.2) is 37.4 Å². The van der Waals surface area contributed by atoms with Crippen molar-refractivity contribution in [3.63, 3.8) is 0 Å². The van der Waals surface area contributed by atoms with Crippen LogP contribution < -0.4 is 5.32 Å². The van der Waals surface area contributed by atoms with E-state index in [9.17, 15) is 9.18 Å². The van der Waals surface area contributed by atoms with Gasteiger partial charge in [-0.15, -0.1) is 0 Å². The SMILES string of the molecule is [2H][13C]([2H])([2H])NC(=O)c1ccc(-c2cnc3ncc(Cc4ccc5ncccc5c4)n3n2)cc1F. The highest BCUT2D eigenvalue weighted by molar-refractivity contribution is 5.94. The minimum absolute atomic E-state index is 0.371. The van der Waals surface area contributed by atoms with Gasteiger partial charge >= 0.3 is 0 Å². The van der Waals surface area contributed by atoms with Gasteiger partial charge in [0.1, 0.15) is 11.5 Å². The minimum atomic E-state index is -2.71. The van der Waals surface area contributed by atoms with Crippen LogP contribution in [0.4, 0.5) is 4.39 Å². The molecule has 2 aromatic carbocycles. The Morgan fingerprint density at radius 3 is 2.90 bits per heavy atom. The number of hydrogen-bond donors (Lipinski definition) is 1. The second-order valence-electron chi connectivity index (χ2n) is 6.96. The summed E-state index contributed by atoms with van der Waals surface area (Å²) in [7, 11) is 0. The highest BCUT2D eigenvalue weighted by atomic mass is 19.1. The van der Waals surface area contributed by atoms with Crippen LogP contribution in [-0.2, 0) is 6.42 Å². The summed E-state index contributed by atoms with van der Waals surface area (Å²) in [5, 5.41) is 7.36. The number of nitrogens with zero attached hydrogens (tertiary/aromatic N) is 5. The average Bonchev–Trinajstić information content (AvgIpc) is 3.19. The van der Waals surface area contributed by atoms with Gasteiger partial charge in [0.2, 0.25) is 0 Å². The van der Waals surface area contributed by atoms with Crippen molar-refractivity contribution in [2.45, 2.75) is 6.42 Å². The smallest absolute Gasteiger partial charge is 0.253 e. The molecule has 0 spiro atoms. The maximum absolute atomic E-state index is 14.6. The Labute approximate surface area is 180 Å². The van der Waals surface area contributed by atoms with E-state index in [2.05, 4.69) is 26.1 Å². The van der Waals surface area contributed by atoms with Gasteiger partial charge in [-0.3, -0.25) is 9.78 Å². The van der Waals surface area contributed by atoms with Gasteiger partial charge in [-0.05, 0) is 35.9 Å². The first kappa shape index (κ1) is 15.6. The van der Waals surface area contributed by atoms with Crippen LogP contribution >= 0.6 is 0 Å².